The van der Waals surface area contributed by atoms with Crippen LogP contribution < -0.4 is 9.47 Å². The fourth-order valence-corrected chi connectivity index (χ4v) is 3.76. The SMILES string of the molecule is CN(C)CCCN1C(=O)C(=O)/C(=C(\O)c2ccc3c(c2)OCCO3)[C@@H]1c1ccco1. The second-order valence-corrected chi connectivity index (χ2v) is 7.52. The molecule has 2 aromatic rings. The molecule has 0 bridgehead atoms. The van der Waals surface area contributed by atoms with Gasteiger partial charge in [0.05, 0.1) is 11.8 Å². The lowest BCUT2D eigenvalue weighted by atomic mass is 9.99. The van der Waals surface area contributed by atoms with Crippen molar-refractivity contribution < 1.29 is 28.6 Å². The minimum atomic E-state index is -0.782. The molecule has 0 radical (unpaired) electrons. The number of aliphatic hydroxyl groups is 1. The van der Waals surface area contributed by atoms with Crippen molar-refractivity contribution in [2.75, 3.05) is 40.4 Å². The molecule has 1 aromatic heterocycles. The van der Waals surface area contributed by atoms with Crippen LogP contribution in [0.4, 0.5) is 0 Å². The summed E-state index contributed by atoms with van der Waals surface area (Å²) in [5, 5.41) is 11.0. The first-order valence-electron chi connectivity index (χ1n) is 9.84. The van der Waals surface area contributed by atoms with E-state index in [0.29, 0.717) is 49.0 Å². The molecule has 1 fully saturated rings. The number of ketones is 1. The molecule has 1 N–H and O–H groups in total. The lowest BCUT2D eigenvalue weighted by Crippen LogP contribution is -2.32. The number of rotatable bonds is 6. The summed E-state index contributed by atoms with van der Waals surface area (Å²) in [6.45, 7) is 1.98. The molecular weight excluding hydrogens is 388 g/mol. The monoisotopic (exact) mass is 412 g/mol. The van der Waals surface area contributed by atoms with Gasteiger partial charge in [0.25, 0.3) is 11.7 Å². The van der Waals surface area contributed by atoms with Crippen LogP contribution in [-0.4, -0.2) is 67.0 Å². The van der Waals surface area contributed by atoms with Crippen molar-refractivity contribution in [1.82, 2.24) is 9.80 Å². The van der Waals surface area contributed by atoms with Gasteiger partial charge in [0.15, 0.2) is 11.5 Å². The Kier molecular flexibility index (Phi) is 5.50. The second kappa shape index (κ2) is 8.23. The summed E-state index contributed by atoms with van der Waals surface area (Å²) in [6, 6.07) is 7.55. The number of nitrogens with zero attached hydrogens (tertiary/aromatic N) is 2. The van der Waals surface area contributed by atoms with Crippen molar-refractivity contribution in [1.29, 1.82) is 0 Å². The topological polar surface area (TPSA) is 92.5 Å². The molecule has 8 heteroatoms. The summed E-state index contributed by atoms with van der Waals surface area (Å²) < 4.78 is 16.6. The predicted molar refractivity (Wildman–Crippen MR) is 108 cm³/mol. The minimum Gasteiger partial charge on any atom is -0.507 e. The third-order valence-electron chi connectivity index (χ3n) is 5.17. The average Bonchev–Trinajstić information content (AvgIpc) is 3.35. The third kappa shape index (κ3) is 3.66. The highest BCUT2D eigenvalue weighted by atomic mass is 16.6. The number of likely N-dealkylation sites (tertiary alicyclic amines) is 1. The quantitative estimate of drug-likeness (QED) is 0.443. The predicted octanol–water partition coefficient (Wildman–Crippen LogP) is 2.42. The van der Waals surface area contributed by atoms with Gasteiger partial charge in [-0.05, 0) is 57.4 Å². The molecule has 2 aliphatic heterocycles. The molecule has 8 nitrogen and oxygen atoms in total. The molecule has 0 saturated carbocycles. The zero-order chi connectivity index (χ0) is 21.3. The maximum atomic E-state index is 12.9. The van der Waals surface area contributed by atoms with Crippen LogP contribution in [0.1, 0.15) is 23.8 Å². The number of amides is 1. The Labute approximate surface area is 174 Å². The van der Waals surface area contributed by atoms with Gasteiger partial charge in [-0.3, -0.25) is 9.59 Å². The van der Waals surface area contributed by atoms with Crippen LogP contribution in [0.3, 0.4) is 0 Å². The Balaban J connectivity index is 1.74. The molecule has 0 spiro atoms. The van der Waals surface area contributed by atoms with E-state index < -0.39 is 17.7 Å². The van der Waals surface area contributed by atoms with Crippen molar-refractivity contribution in [3.63, 3.8) is 0 Å². The lowest BCUT2D eigenvalue weighted by Gasteiger charge is -2.24. The number of carbonyl (C=O) groups is 2. The Morgan fingerprint density at radius 2 is 1.93 bits per heavy atom. The van der Waals surface area contributed by atoms with Crippen molar-refractivity contribution in [3.8, 4) is 11.5 Å². The molecule has 0 aliphatic carbocycles. The number of ether oxygens (including phenoxy) is 2. The van der Waals surface area contributed by atoms with E-state index in [-0.39, 0.29) is 11.3 Å². The third-order valence-corrected chi connectivity index (χ3v) is 5.17. The number of hydrogen-bond donors (Lipinski definition) is 1. The molecule has 4 rings (SSSR count). The number of hydrogen-bond acceptors (Lipinski definition) is 7. The number of aliphatic hydroxyl groups excluding tert-OH is 1. The van der Waals surface area contributed by atoms with Gasteiger partial charge in [-0.1, -0.05) is 0 Å². The van der Waals surface area contributed by atoms with Crippen LogP contribution in [0, 0.1) is 0 Å². The van der Waals surface area contributed by atoms with Gasteiger partial charge in [0, 0.05) is 12.1 Å². The highest BCUT2D eigenvalue weighted by Crippen LogP contribution is 2.41. The van der Waals surface area contributed by atoms with Crippen molar-refractivity contribution in [3.05, 3.63) is 53.5 Å². The van der Waals surface area contributed by atoms with Crippen LogP contribution in [0.25, 0.3) is 5.76 Å². The zero-order valence-electron chi connectivity index (χ0n) is 17.0. The summed E-state index contributed by atoms with van der Waals surface area (Å²) in [5.41, 5.74) is 0.388. The highest BCUT2D eigenvalue weighted by molar-refractivity contribution is 6.46. The van der Waals surface area contributed by atoms with E-state index >= 15 is 0 Å². The van der Waals surface area contributed by atoms with Crippen LogP contribution in [-0.2, 0) is 9.59 Å². The van der Waals surface area contributed by atoms with Gasteiger partial charge < -0.3 is 28.8 Å². The van der Waals surface area contributed by atoms with Gasteiger partial charge in [-0.25, -0.2) is 0 Å². The number of carbonyl (C=O) groups excluding carboxylic acids is 2. The minimum absolute atomic E-state index is 0.0106. The smallest absolute Gasteiger partial charge is 0.295 e. The average molecular weight is 412 g/mol. The Morgan fingerprint density at radius 3 is 2.63 bits per heavy atom. The van der Waals surface area contributed by atoms with Crippen LogP contribution in [0.15, 0.2) is 46.6 Å². The zero-order valence-corrected chi connectivity index (χ0v) is 17.0. The molecule has 1 saturated heterocycles. The van der Waals surface area contributed by atoms with E-state index in [4.69, 9.17) is 13.9 Å². The molecule has 158 valence electrons. The summed E-state index contributed by atoms with van der Waals surface area (Å²) in [5.74, 6) is -0.146. The summed E-state index contributed by atoms with van der Waals surface area (Å²) in [6.07, 6.45) is 2.17. The first-order valence-corrected chi connectivity index (χ1v) is 9.84. The molecule has 3 heterocycles. The van der Waals surface area contributed by atoms with Crippen molar-refractivity contribution in [2.24, 2.45) is 0 Å². The number of fused-ring (bicyclic) bond motifs is 1. The molecule has 1 aromatic carbocycles. The van der Waals surface area contributed by atoms with Crippen molar-refractivity contribution >= 4 is 17.4 Å². The van der Waals surface area contributed by atoms with Gasteiger partial charge >= 0.3 is 0 Å². The second-order valence-electron chi connectivity index (χ2n) is 7.52. The molecule has 0 unspecified atom stereocenters. The fourth-order valence-electron chi connectivity index (χ4n) is 3.76. The Bertz CT molecular complexity index is 980. The van der Waals surface area contributed by atoms with E-state index in [1.165, 1.54) is 11.2 Å². The van der Waals surface area contributed by atoms with Gasteiger partial charge in [0.2, 0.25) is 0 Å². The summed E-state index contributed by atoms with van der Waals surface area (Å²) in [4.78, 5) is 29.2. The van der Waals surface area contributed by atoms with E-state index in [2.05, 4.69) is 0 Å². The maximum Gasteiger partial charge on any atom is 0.295 e. The van der Waals surface area contributed by atoms with Gasteiger partial charge in [0.1, 0.15) is 30.8 Å². The van der Waals surface area contributed by atoms with Crippen LogP contribution in [0.2, 0.25) is 0 Å². The number of furan rings is 1. The molecule has 1 amide bonds. The molecule has 30 heavy (non-hydrogen) atoms. The number of Topliss-reactive ketones (excluding diaryl/α,β-unsaturated/α-hetero) is 1. The highest BCUT2D eigenvalue weighted by Gasteiger charge is 2.47. The van der Waals surface area contributed by atoms with Gasteiger partial charge in [-0.2, -0.15) is 0 Å². The first-order chi connectivity index (χ1) is 14.5. The standard InChI is InChI=1S/C22H24N2O6/c1-23(2)8-4-9-24-19(16-5-3-10-28-16)18(21(26)22(24)27)20(25)14-6-7-15-17(13-14)30-12-11-29-15/h3,5-7,10,13,19,25H,4,8-9,11-12H2,1-2H3/b20-18-/t19-/m0/s1. The van der Waals surface area contributed by atoms with E-state index in [1.807, 2.05) is 19.0 Å². The normalized spacial score (nSPS) is 20.2. The fraction of sp³-hybridized carbons (Fsp3) is 0.364. The van der Waals surface area contributed by atoms with Crippen molar-refractivity contribution in [2.45, 2.75) is 12.5 Å². The van der Waals surface area contributed by atoms with E-state index in [1.54, 1.807) is 30.3 Å². The molecular formula is C22H24N2O6. The Morgan fingerprint density at radius 1 is 1.17 bits per heavy atom. The number of benzene rings is 1. The molecule has 2 aliphatic rings. The van der Waals surface area contributed by atoms with Crippen LogP contribution >= 0.6 is 0 Å². The first kappa shape index (κ1) is 20.0. The maximum absolute atomic E-state index is 12.9. The van der Waals surface area contributed by atoms with E-state index in [0.717, 1.165) is 6.54 Å². The Hall–Kier alpha value is -3.26. The van der Waals surface area contributed by atoms with E-state index in [9.17, 15) is 14.7 Å². The lowest BCUT2D eigenvalue weighted by molar-refractivity contribution is -0.140. The molecule has 1 atom stereocenters. The largest absolute Gasteiger partial charge is 0.507 e. The van der Waals surface area contributed by atoms with Crippen LogP contribution in [0.5, 0.6) is 11.5 Å². The van der Waals surface area contributed by atoms with Gasteiger partial charge in [-0.15, -0.1) is 0 Å². The summed E-state index contributed by atoms with van der Waals surface area (Å²) >= 11 is 0. The summed E-state index contributed by atoms with van der Waals surface area (Å²) in [7, 11) is 3.89.